The van der Waals surface area contributed by atoms with Crippen LogP contribution >= 0.6 is 23.2 Å². The summed E-state index contributed by atoms with van der Waals surface area (Å²) < 4.78 is 3.91. The topological polar surface area (TPSA) is 66.9 Å². The first-order chi connectivity index (χ1) is 12.9. The molecule has 1 aliphatic rings. The lowest BCUT2D eigenvalue weighted by Gasteiger charge is -2.16. The molecule has 0 amide bonds. The summed E-state index contributed by atoms with van der Waals surface area (Å²) in [6.07, 6.45) is 9.03. The van der Waals surface area contributed by atoms with Gasteiger partial charge in [-0.15, -0.1) is 4.98 Å². The van der Waals surface area contributed by atoms with Gasteiger partial charge >= 0.3 is 5.65 Å². The normalized spacial score (nSPS) is 15.6. The van der Waals surface area contributed by atoms with E-state index in [-0.39, 0.29) is 0 Å². The van der Waals surface area contributed by atoms with Crippen molar-refractivity contribution in [1.29, 1.82) is 0 Å². The van der Waals surface area contributed by atoms with Crippen LogP contribution in [-0.2, 0) is 14.1 Å². The Hall–Kier alpha value is -2.71. The van der Waals surface area contributed by atoms with Crippen LogP contribution in [0.5, 0.6) is 0 Å². The highest BCUT2D eigenvalue weighted by Gasteiger charge is 2.28. The first kappa shape index (κ1) is 17.7. The lowest BCUT2D eigenvalue weighted by atomic mass is 10.4. The molecule has 0 saturated carbocycles. The van der Waals surface area contributed by atoms with Gasteiger partial charge in [0.25, 0.3) is 5.65 Å². The van der Waals surface area contributed by atoms with E-state index >= 15 is 0 Å². The van der Waals surface area contributed by atoms with Crippen LogP contribution in [0.3, 0.4) is 0 Å². The molecule has 27 heavy (non-hydrogen) atoms. The number of halogens is 2. The van der Waals surface area contributed by atoms with E-state index in [4.69, 9.17) is 23.2 Å². The Morgan fingerprint density at radius 1 is 0.963 bits per heavy atom. The maximum absolute atomic E-state index is 5.97. The molecular formula is C17H17Cl2N8+. The number of hydrogen-bond donors (Lipinski definition) is 0. The molecular weight excluding hydrogens is 387 g/mol. The molecule has 0 aliphatic carbocycles. The number of nitrogens with zero attached hydrogens (tertiary/aromatic N) is 8. The molecule has 138 valence electrons. The second-order valence-corrected chi connectivity index (χ2v) is 6.93. The summed E-state index contributed by atoms with van der Waals surface area (Å²) >= 11 is 11.9. The van der Waals surface area contributed by atoms with E-state index in [1.54, 1.807) is 12.4 Å². The molecule has 0 spiro atoms. The molecule has 0 radical (unpaired) electrons. The van der Waals surface area contributed by atoms with Crippen LogP contribution < -0.4 is 14.4 Å². The number of hydrogen-bond acceptors (Lipinski definition) is 6. The molecule has 0 bridgehead atoms. The van der Waals surface area contributed by atoms with E-state index in [0.717, 1.165) is 34.6 Å². The smallest absolute Gasteiger partial charge is 0.312 e. The third kappa shape index (κ3) is 2.81. The van der Waals surface area contributed by atoms with Crippen molar-refractivity contribution in [1.82, 2.24) is 24.5 Å². The zero-order valence-electron chi connectivity index (χ0n) is 15.2. The fraction of sp³-hybridized carbons (Fsp3) is 0.235. The molecule has 0 unspecified atom stereocenters. The third-order valence-corrected chi connectivity index (χ3v) is 4.91. The van der Waals surface area contributed by atoms with Crippen molar-refractivity contribution in [3.05, 3.63) is 46.5 Å². The van der Waals surface area contributed by atoms with Gasteiger partial charge in [0.15, 0.2) is 16.8 Å². The highest BCUT2D eigenvalue weighted by atomic mass is 35.5. The first-order valence-electron chi connectivity index (χ1n) is 8.14. The number of allylic oxidation sites excluding steroid dienone is 2. The molecule has 0 fully saturated rings. The van der Waals surface area contributed by atoms with Gasteiger partial charge in [-0.2, -0.15) is 4.98 Å². The quantitative estimate of drug-likeness (QED) is 0.611. The summed E-state index contributed by atoms with van der Waals surface area (Å²) in [5, 5.41) is 0.735. The van der Waals surface area contributed by atoms with Crippen LogP contribution in [0.25, 0.3) is 17.4 Å². The van der Waals surface area contributed by atoms with E-state index in [2.05, 4.69) is 19.9 Å². The van der Waals surface area contributed by atoms with E-state index in [1.807, 2.05) is 65.4 Å². The van der Waals surface area contributed by atoms with Gasteiger partial charge in [-0.05, 0) is 6.08 Å². The molecule has 8 nitrogen and oxygen atoms in total. The van der Waals surface area contributed by atoms with E-state index in [0.29, 0.717) is 10.3 Å². The van der Waals surface area contributed by atoms with Crippen molar-refractivity contribution in [3.63, 3.8) is 0 Å². The van der Waals surface area contributed by atoms with Gasteiger partial charge in [0.05, 0.1) is 20.3 Å². The lowest BCUT2D eigenvalue weighted by molar-refractivity contribution is -0.649. The second-order valence-electron chi connectivity index (χ2n) is 6.16. The number of anilines is 2. The van der Waals surface area contributed by atoms with Crippen LogP contribution in [0.15, 0.2) is 30.4 Å². The zero-order chi connectivity index (χ0) is 19.3. The summed E-state index contributed by atoms with van der Waals surface area (Å²) in [4.78, 5) is 21.3. The van der Waals surface area contributed by atoms with Crippen LogP contribution in [0.2, 0.25) is 10.3 Å². The Labute approximate surface area is 166 Å². The van der Waals surface area contributed by atoms with Crippen molar-refractivity contribution < 1.29 is 4.57 Å². The predicted octanol–water partition coefficient (Wildman–Crippen LogP) is 2.33. The van der Waals surface area contributed by atoms with Gasteiger partial charge in [0, 0.05) is 20.2 Å². The van der Waals surface area contributed by atoms with Gasteiger partial charge in [-0.3, -0.25) is 0 Å². The van der Waals surface area contributed by atoms with Gasteiger partial charge in [0.1, 0.15) is 17.2 Å². The summed E-state index contributed by atoms with van der Waals surface area (Å²) in [5.74, 6) is 3.36. The maximum atomic E-state index is 5.97. The van der Waals surface area contributed by atoms with E-state index < -0.39 is 0 Å². The first-order valence-corrected chi connectivity index (χ1v) is 8.89. The van der Waals surface area contributed by atoms with Gasteiger partial charge < -0.3 is 9.80 Å². The number of fused-ring (bicyclic) bond motifs is 2. The van der Waals surface area contributed by atoms with Crippen molar-refractivity contribution >= 4 is 52.2 Å². The Morgan fingerprint density at radius 3 is 2.41 bits per heavy atom. The predicted molar refractivity (Wildman–Crippen MR) is 106 cm³/mol. The van der Waals surface area contributed by atoms with Crippen molar-refractivity contribution in [2.24, 2.45) is 14.1 Å². The summed E-state index contributed by atoms with van der Waals surface area (Å²) in [6, 6.07) is 0. The average Bonchev–Trinajstić information content (AvgIpc) is 3.01. The fourth-order valence-electron chi connectivity index (χ4n) is 3.18. The second kappa shape index (κ2) is 6.47. The fourth-order valence-corrected chi connectivity index (χ4v) is 3.44. The molecule has 4 rings (SSSR count). The minimum atomic E-state index is 0.368. The molecule has 0 N–H and O–H groups in total. The Kier molecular flexibility index (Phi) is 4.24. The third-order valence-electron chi connectivity index (χ3n) is 4.55. The standard InChI is InChI=1S/C17H17Cl2N8/c1-24-12(26(3)16-14(24)20-8-10(18)22-16)6-5-7-13-25(2)15-17(27(13)4)23-11(19)9-21-15/h5-9H,1-4H3/q+1. The SMILES string of the molecule is CN1C(=CC=Cc2n(C)c3nc(Cl)cnc3[n+]2C)N(C)c2nc(Cl)cnc21. The Bertz CT molecular complexity index is 1120. The highest BCUT2D eigenvalue weighted by Crippen LogP contribution is 2.36. The van der Waals surface area contributed by atoms with E-state index in [1.165, 1.54) is 0 Å². The molecule has 3 aromatic rings. The lowest BCUT2D eigenvalue weighted by Crippen LogP contribution is -2.31. The molecule has 4 heterocycles. The molecule has 10 heteroatoms. The Balaban J connectivity index is 1.70. The molecule has 0 atom stereocenters. The van der Waals surface area contributed by atoms with Crippen LogP contribution in [0.4, 0.5) is 11.6 Å². The summed E-state index contributed by atoms with van der Waals surface area (Å²) in [7, 11) is 7.74. The zero-order valence-corrected chi connectivity index (χ0v) is 16.7. The Morgan fingerprint density at radius 2 is 1.63 bits per heavy atom. The van der Waals surface area contributed by atoms with Gasteiger partial charge in [0.2, 0.25) is 5.82 Å². The minimum absolute atomic E-state index is 0.368. The molecule has 0 saturated heterocycles. The molecule has 0 aromatic carbocycles. The molecule has 1 aliphatic heterocycles. The largest absolute Gasteiger partial charge is 0.322 e. The average molecular weight is 404 g/mol. The van der Waals surface area contributed by atoms with Gasteiger partial charge in [-0.1, -0.05) is 29.3 Å². The maximum Gasteiger partial charge on any atom is 0.322 e. The number of rotatable bonds is 2. The minimum Gasteiger partial charge on any atom is -0.312 e. The van der Waals surface area contributed by atoms with Crippen molar-refractivity contribution in [2.45, 2.75) is 0 Å². The van der Waals surface area contributed by atoms with Crippen molar-refractivity contribution in [3.8, 4) is 0 Å². The number of aryl methyl sites for hydroxylation is 2. The number of imidazole rings is 1. The van der Waals surface area contributed by atoms with Crippen LogP contribution in [0.1, 0.15) is 5.82 Å². The summed E-state index contributed by atoms with van der Waals surface area (Å²) in [5.41, 5.74) is 1.49. The van der Waals surface area contributed by atoms with Gasteiger partial charge in [-0.25, -0.2) is 19.1 Å². The van der Waals surface area contributed by atoms with Crippen molar-refractivity contribution in [2.75, 3.05) is 23.9 Å². The van der Waals surface area contributed by atoms with E-state index in [9.17, 15) is 0 Å². The highest BCUT2D eigenvalue weighted by molar-refractivity contribution is 6.29. The summed E-state index contributed by atoms with van der Waals surface area (Å²) in [6.45, 7) is 0. The van der Waals surface area contributed by atoms with Crippen LogP contribution in [-0.4, -0.2) is 38.6 Å². The number of aromatic nitrogens is 6. The van der Waals surface area contributed by atoms with Crippen LogP contribution in [0, 0.1) is 0 Å². The monoisotopic (exact) mass is 403 g/mol. The molecule has 3 aromatic heterocycles.